The number of carbonyl (C=O) groups excluding carboxylic acids is 1. The fraction of sp³-hybridized carbons (Fsp3) is 0.533. The number of amides is 1. The van der Waals surface area contributed by atoms with Gasteiger partial charge in [-0.3, -0.25) is 4.79 Å². The van der Waals surface area contributed by atoms with Crippen molar-refractivity contribution in [1.29, 1.82) is 0 Å². The van der Waals surface area contributed by atoms with Crippen molar-refractivity contribution < 1.29 is 19.4 Å². The zero-order valence-corrected chi connectivity index (χ0v) is 12.8. The highest BCUT2D eigenvalue weighted by Crippen LogP contribution is 2.27. The Morgan fingerprint density at radius 1 is 1.24 bits per heavy atom. The molecule has 3 N–H and O–H groups in total. The number of nitrogens with one attached hydrogen (secondary N) is 2. The molecular formula is C15H24N2O4. The monoisotopic (exact) mass is 296 g/mol. The molecule has 0 bridgehead atoms. The highest BCUT2D eigenvalue weighted by Gasteiger charge is 2.08. The third-order valence-corrected chi connectivity index (χ3v) is 2.88. The van der Waals surface area contributed by atoms with Crippen LogP contribution in [0.15, 0.2) is 18.2 Å². The van der Waals surface area contributed by atoms with Crippen LogP contribution in [0.4, 0.5) is 0 Å². The minimum atomic E-state index is -0.382. The van der Waals surface area contributed by atoms with E-state index < -0.39 is 0 Å². The number of aliphatic hydroxyl groups is 1. The van der Waals surface area contributed by atoms with E-state index in [1.165, 1.54) is 0 Å². The lowest BCUT2D eigenvalue weighted by atomic mass is 10.1. The van der Waals surface area contributed by atoms with Gasteiger partial charge >= 0.3 is 0 Å². The second kappa shape index (κ2) is 9.20. The molecule has 0 radical (unpaired) electrons. The molecule has 0 saturated heterocycles. The van der Waals surface area contributed by atoms with Crippen LogP contribution in [-0.2, 0) is 11.2 Å². The Kier molecular flexibility index (Phi) is 7.56. The largest absolute Gasteiger partial charge is 0.493 e. The quantitative estimate of drug-likeness (QED) is 0.572. The number of benzene rings is 1. The number of carbonyl (C=O) groups is 1. The molecule has 0 aliphatic rings. The maximum absolute atomic E-state index is 11.8. The van der Waals surface area contributed by atoms with E-state index in [4.69, 9.17) is 14.6 Å². The van der Waals surface area contributed by atoms with E-state index >= 15 is 0 Å². The Labute approximate surface area is 125 Å². The van der Waals surface area contributed by atoms with Gasteiger partial charge in [-0.2, -0.15) is 0 Å². The van der Waals surface area contributed by atoms with Crippen LogP contribution in [0.3, 0.4) is 0 Å². The predicted octanol–water partition coefficient (Wildman–Crippen LogP) is 0.333. The molecule has 0 aliphatic heterocycles. The molecule has 6 nitrogen and oxygen atoms in total. The summed E-state index contributed by atoms with van der Waals surface area (Å²) < 4.78 is 10.4. The molecule has 1 unspecified atom stereocenters. The van der Waals surface area contributed by atoms with Crippen molar-refractivity contribution in [2.45, 2.75) is 19.4 Å². The second-order valence-electron chi connectivity index (χ2n) is 4.77. The molecule has 0 saturated carbocycles. The SMILES string of the molecule is COc1ccc(CC(=O)NCCNCC(C)O)cc1OC. The Bertz CT molecular complexity index is 449. The summed E-state index contributed by atoms with van der Waals surface area (Å²) in [7, 11) is 3.14. The number of rotatable bonds is 9. The standard InChI is InChI=1S/C15H24N2O4/c1-11(18)10-16-6-7-17-15(19)9-12-4-5-13(20-2)14(8-12)21-3/h4-5,8,11,16,18H,6-7,9-10H2,1-3H3,(H,17,19). The molecule has 0 spiro atoms. The van der Waals surface area contributed by atoms with Crippen LogP contribution >= 0.6 is 0 Å². The van der Waals surface area contributed by atoms with Crippen molar-refractivity contribution in [2.75, 3.05) is 33.9 Å². The number of ether oxygens (including phenoxy) is 2. The highest BCUT2D eigenvalue weighted by atomic mass is 16.5. The van der Waals surface area contributed by atoms with Crippen molar-refractivity contribution in [2.24, 2.45) is 0 Å². The number of hydrogen-bond donors (Lipinski definition) is 3. The summed E-state index contributed by atoms with van der Waals surface area (Å²) >= 11 is 0. The van der Waals surface area contributed by atoms with Crippen molar-refractivity contribution in [3.63, 3.8) is 0 Å². The van der Waals surface area contributed by atoms with Gasteiger partial charge in [0.05, 0.1) is 26.7 Å². The molecule has 6 heteroatoms. The van der Waals surface area contributed by atoms with Gasteiger partial charge in [-0.15, -0.1) is 0 Å². The van der Waals surface area contributed by atoms with Gasteiger partial charge in [-0.1, -0.05) is 6.07 Å². The topological polar surface area (TPSA) is 79.8 Å². The first kappa shape index (κ1) is 17.3. The number of methoxy groups -OCH3 is 2. The molecule has 1 rings (SSSR count). The van der Waals surface area contributed by atoms with Gasteiger partial charge in [0.2, 0.25) is 5.91 Å². The first-order valence-corrected chi connectivity index (χ1v) is 6.93. The van der Waals surface area contributed by atoms with Crippen LogP contribution in [0.1, 0.15) is 12.5 Å². The average Bonchev–Trinajstić information content (AvgIpc) is 2.46. The van der Waals surface area contributed by atoms with Crippen LogP contribution in [0.25, 0.3) is 0 Å². The smallest absolute Gasteiger partial charge is 0.224 e. The second-order valence-corrected chi connectivity index (χ2v) is 4.77. The van der Waals surface area contributed by atoms with E-state index in [9.17, 15) is 4.79 Å². The minimum Gasteiger partial charge on any atom is -0.493 e. The van der Waals surface area contributed by atoms with Crippen LogP contribution < -0.4 is 20.1 Å². The fourth-order valence-corrected chi connectivity index (χ4v) is 1.84. The summed E-state index contributed by atoms with van der Waals surface area (Å²) in [5.41, 5.74) is 0.863. The Balaban J connectivity index is 2.37. The first-order valence-electron chi connectivity index (χ1n) is 6.93. The zero-order valence-electron chi connectivity index (χ0n) is 12.8. The molecule has 118 valence electrons. The van der Waals surface area contributed by atoms with E-state index in [0.717, 1.165) is 5.56 Å². The van der Waals surface area contributed by atoms with Gasteiger partial charge in [0.25, 0.3) is 0 Å². The first-order chi connectivity index (χ1) is 10.1. The van der Waals surface area contributed by atoms with Crippen LogP contribution in [-0.4, -0.2) is 51.0 Å². The molecule has 0 heterocycles. The van der Waals surface area contributed by atoms with Crippen LogP contribution in [0.5, 0.6) is 11.5 Å². The molecule has 0 aromatic heterocycles. The van der Waals surface area contributed by atoms with Crippen molar-refractivity contribution >= 4 is 5.91 Å². The van der Waals surface area contributed by atoms with Gasteiger partial charge in [0.15, 0.2) is 11.5 Å². The minimum absolute atomic E-state index is 0.0546. The molecule has 0 fully saturated rings. The Morgan fingerprint density at radius 2 is 1.95 bits per heavy atom. The van der Waals surface area contributed by atoms with Crippen molar-refractivity contribution in [1.82, 2.24) is 10.6 Å². The third kappa shape index (κ3) is 6.46. The highest BCUT2D eigenvalue weighted by molar-refractivity contribution is 5.78. The molecule has 21 heavy (non-hydrogen) atoms. The van der Waals surface area contributed by atoms with Crippen LogP contribution in [0, 0.1) is 0 Å². The van der Waals surface area contributed by atoms with Gasteiger partial charge in [0.1, 0.15) is 0 Å². The normalized spacial score (nSPS) is 11.8. The Morgan fingerprint density at radius 3 is 2.57 bits per heavy atom. The Hall–Kier alpha value is -1.79. The van der Waals surface area contributed by atoms with Crippen molar-refractivity contribution in [3.8, 4) is 11.5 Å². The average molecular weight is 296 g/mol. The third-order valence-electron chi connectivity index (χ3n) is 2.88. The summed E-state index contributed by atoms with van der Waals surface area (Å²) in [6.45, 7) is 3.38. The molecular weight excluding hydrogens is 272 g/mol. The van der Waals surface area contributed by atoms with E-state index in [0.29, 0.717) is 31.1 Å². The summed E-state index contributed by atoms with van der Waals surface area (Å²) in [5, 5.41) is 14.9. The summed E-state index contributed by atoms with van der Waals surface area (Å²) in [6, 6.07) is 5.42. The molecule has 0 aliphatic carbocycles. The summed E-state index contributed by atoms with van der Waals surface area (Å²) in [4.78, 5) is 11.8. The maximum Gasteiger partial charge on any atom is 0.224 e. The fourth-order valence-electron chi connectivity index (χ4n) is 1.84. The lowest BCUT2D eigenvalue weighted by Crippen LogP contribution is -2.35. The lowest BCUT2D eigenvalue weighted by molar-refractivity contribution is -0.120. The van der Waals surface area contributed by atoms with E-state index in [-0.39, 0.29) is 18.4 Å². The number of hydrogen-bond acceptors (Lipinski definition) is 5. The molecule has 1 amide bonds. The predicted molar refractivity (Wildman–Crippen MR) is 80.8 cm³/mol. The van der Waals surface area contributed by atoms with Crippen LogP contribution in [0.2, 0.25) is 0 Å². The van der Waals surface area contributed by atoms with Gasteiger partial charge in [-0.05, 0) is 24.6 Å². The molecule has 1 aromatic carbocycles. The van der Waals surface area contributed by atoms with E-state index in [1.807, 2.05) is 6.07 Å². The lowest BCUT2D eigenvalue weighted by Gasteiger charge is -2.10. The van der Waals surface area contributed by atoms with Gasteiger partial charge < -0.3 is 25.2 Å². The molecule has 1 aromatic rings. The zero-order chi connectivity index (χ0) is 15.7. The summed E-state index contributed by atoms with van der Waals surface area (Å²) in [5.74, 6) is 1.20. The van der Waals surface area contributed by atoms with Crippen molar-refractivity contribution in [3.05, 3.63) is 23.8 Å². The number of aliphatic hydroxyl groups excluding tert-OH is 1. The van der Waals surface area contributed by atoms with Gasteiger partial charge in [-0.25, -0.2) is 0 Å². The van der Waals surface area contributed by atoms with E-state index in [2.05, 4.69) is 10.6 Å². The van der Waals surface area contributed by atoms with E-state index in [1.54, 1.807) is 33.3 Å². The summed E-state index contributed by atoms with van der Waals surface area (Å²) in [6.07, 6.45) is -0.0935. The molecule has 1 atom stereocenters. The van der Waals surface area contributed by atoms with Gasteiger partial charge in [0, 0.05) is 19.6 Å². The maximum atomic E-state index is 11.8.